The molecule has 0 unspecified atom stereocenters. The zero-order chi connectivity index (χ0) is 12.3. The summed E-state index contributed by atoms with van der Waals surface area (Å²) in [6, 6.07) is 1.63. The summed E-state index contributed by atoms with van der Waals surface area (Å²) in [4.78, 5) is 7.79. The molecular weight excluding hydrogens is 220 g/mol. The van der Waals surface area contributed by atoms with Crippen molar-refractivity contribution in [1.82, 2.24) is 24.7 Å². The third-order valence-corrected chi connectivity index (χ3v) is 2.22. The first-order chi connectivity index (χ1) is 8.15. The molecule has 0 bridgehead atoms. The van der Waals surface area contributed by atoms with Crippen LogP contribution in [0.25, 0.3) is 0 Å². The van der Waals surface area contributed by atoms with Gasteiger partial charge in [0.25, 0.3) is 0 Å². The summed E-state index contributed by atoms with van der Waals surface area (Å²) in [6.45, 7) is 0.669. The summed E-state index contributed by atoms with van der Waals surface area (Å²) < 4.78 is 1.87. The number of aryl methyl sites for hydroxylation is 1. The van der Waals surface area contributed by atoms with Gasteiger partial charge in [0, 0.05) is 26.1 Å². The minimum Gasteiger partial charge on any atom is -0.383 e. The highest BCUT2D eigenvalue weighted by molar-refractivity contribution is 5.48. The summed E-state index contributed by atoms with van der Waals surface area (Å²) in [5, 5.41) is 10.9. The molecule has 0 atom stereocenters. The molecule has 2 aromatic heterocycles. The monoisotopic (exact) mass is 234 g/mol. The van der Waals surface area contributed by atoms with E-state index in [0.29, 0.717) is 18.2 Å². The summed E-state index contributed by atoms with van der Waals surface area (Å²) >= 11 is 0. The summed E-state index contributed by atoms with van der Waals surface area (Å²) in [6.07, 6.45) is 2.40. The number of rotatable bonds is 4. The average Bonchev–Trinajstić information content (AvgIpc) is 2.63. The maximum Gasteiger partial charge on any atom is 0.223 e. The van der Waals surface area contributed by atoms with Crippen LogP contribution in [0.1, 0.15) is 5.82 Å². The van der Waals surface area contributed by atoms with Crippen LogP contribution in [0.15, 0.2) is 12.4 Å². The van der Waals surface area contributed by atoms with Gasteiger partial charge in [-0.25, -0.2) is 0 Å². The van der Waals surface area contributed by atoms with Gasteiger partial charge in [0.15, 0.2) is 0 Å². The van der Waals surface area contributed by atoms with Crippen molar-refractivity contribution in [1.29, 1.82) is 0 Å². The molecule has 8 nitrogen and oxygen atoms in total. The maximum absolute atomic E-state index is 5.55. The fourth-order valence-corrected chi connectivity index (χ4v) is 1.41. The van der Waals surface area contributed by atoms with Crippen LogP contribution in [0.3, 0.4) is 0 Å². The Labute approximate surface area is 98.1 Å². The highest BCUT2D eigenvalue weighted by atomic mass is 15.2. The van der Waals surface area contributed by atoms with Gasteiger partial charge in [0.1, 0.15) is 23.8 Å². The molecule has 0 aliphatic heterocycles. The number of nitrogens with two attached hydrogens (primary N) is 2. The second kappa shape index (κ2) is 4.64. The second-order valence-electron chi connectivity index (χ2n) is 3.57. The molecule has 0 aliphatic rings. The Bertz CT molecular complexity index is 485. The number of hydrogen-bond acceptors (Lipinski definition) is 7. The van der Waals surface area contributed by atoms with E-state index in [9.17, 15) is 0 Å². The number of nitrogens with one attached hydrogen (secondary N) is 1. The van der Waals surface area contributed by atoms with Gasteiger partial charge in [-0.1, -0.05) is 0 Å². The molecular formula is C9H14N8. The largest absolute Gasteiger partial charge is 0.383 e. The van der Waals surface area contributed by atoms with E-state index < -0.39 is 0 Å². The number of nitrogen functional groups attached to an aromatic ring is 2. The highest BCUT2D eigenvalue weighted by Gasteiger charge is 2.02. The smallest absolute Gasteiger partial charge is 0.223 e. The van der Waals surface area contributed by atoms with Crippen molar-refractivity contribution in [2.24, 2.45) is 7.05 Å². The minimum atomic E-state index is 0.158. The van der Waals surface area contributed by atoms with E-state index in [0.717, 1.165) is 12.2 Å². The summed E-state index contributed by atoms with van der Waals surface area (Å²) in [5.74, 6) is 2.01. The molecule has 0 radical (unpaired) electrons. The van der Waals surface area contributed by atoms with E-state index in [2.05, 4.69) is 25.5 Å². The van der Waals surface area contributed by atoms with Gasteiger partial charge >= 0.3 is 0 Å². The third kappa shape index (κ3) is 2.80. The number of anilines is 3. The van der Waals surface area contributed by atoms with E-state index >= 15 is 0 Å². The van der Waals surface area contributed by atoms with Gasteiger partial charge in [-0.05, 0) is 0 Å². The van der Waals surface area contributed by atoms with E-state index in [-0.39, 0.29) is 5.95 Å². The van der Waals surface area contributed by atoms with Gasteiger partial charge in [0.2, 0.25) is 5.95 Å². The molecule has 17 heavy (non-hydrogen) atoms. The van der Waals surface area contributed by atoms with E-state index in [4.69, 9.17) is 11.5 Å². The molecule has 8 heteroatoms. The van der Waals surface area contributed by atoms with Crippen LogP contribution < -0.4 is 16.8 Å². The Kier molecular flexibility index (Phi) is 3.03. The Morgan fingerprint density at radius 3 is 2.82 bits per heavy atom. The SMILES string of the molecule is Cn1cnnc1CCNc1cc(N)nc(N)n1. The molecule has 0 saturated carbocycles. The van der Waals surface area contributed by atoms with Crippen molar-refractivity contribution in [3.8, 4) is 0 Å². The second-order valence-corrected chi connectivity index (χ2v) is 3.57. The first-order valence-electron chi connectivity index (χ1n) is 5.12. The van der Waals surface area contributed by atoms with Crippen molar-refractivity contribution >= 4 is 17.6 Å². The Morgan fingerprint density at radius 2 is 2.18 bits per heavy atom. The number of aromatic nitrogens is 5. The van der Waals surface area contributed by atoms with Gasteiger partial charge in [0.05, 0.1) is 0 Å². The molecule has 2 rings (SSSR count). The fraction of sp³-hybridized carbons (Fsp3) is 0.333. The topological polar surface area (TPSA) is 121 Å². The predicted molar refractivity (Wildman–Crippen MR) is 64.1 cm³/mol. The highest BCUT2D eigenvalue weighted by Crippen LogP contribution is 2.08. The normalized spacial score (nSPS) is 10.4. The standard InChI is InChI=1S/C9H14N8/c1-17-5-13-16-8(17)2-3-12-7-4-6(10)14-9(11)15-7/h4-5H,2-3H2,1H3,(H5,10,11,12,14,15). The first-order valence-corrected chi connectivity index (χ1v) is 5.12. The average molecular weight is 234 g/mol. The summed E-state index contributed by atoms with van der Waals surface area (Å²) in [5.41, 5.74) is 11.0. The quantitative estimate of drug-likeness (QED) is 0.647. The van der Waals surface area contributed by atoms with E-state index in [1.54, 1.807) is 12.4 Å². The van der Waals surface area contributed by atoms with Crippen LogP contribution in [-0.4, -0.2) is 31.3 Å². The van der Waals surface area contributed by atoms with Crippen LogP contribution >= 0.6 is 0 Å². The fourth-order valence-electron chi connectivity index (χ4n) is 1.41. The van der Waals surface area contributed by atoms with Gasteiger partial charge < -0.3 is 21.4 Å². The molecule has 0 amide bonds. The molecule has 2 heterocycles. The van der Waals surface area contributed by atoms with Crippen molar-refractivity contribution in [2.45, 2.75) is 6.42 Å². The maximum atomic E-state index is 5.55. The van der Waals surface area contributed by atoms with Crippen molar-refractivity contribution < 1.29 is 0 Å². The van der Waals surface area contributed by atoms with Crippen LogP contribution in [0.4, 0.5) is 17.6 Å². The molecule has 0 fully saturated rings. The zero-order valence-electron chi connectivity index (χ0n) is 9.46. The minimum absolute atomic E-state index is 0.158. The van der Waals surface area contributed by atoms with Crippen LogP contribution in [0.2, 0.25) is 0 Å². The first kappa shape index (κ1) is 11.1. The lowest BCUT2D eigenvalue weighted by molar-refractivity contribution is 0.787. The number of hydrogen-bond donors (Lipinski definition) is 3. The van der Waals surface area contributed by atoms with Crippen LogP contribution in [0, 0.1) is 0 Å². The molecule has 5 N–H and O–H groups in total. The van der Waals surface area contributed by atoms with Crippen molar-refractivity contribution in [2.75, 3.05) is 23.3 Å². The van der Waals surface area contributed by atoms with E-state index in [1.165, 1.54) is 0 Å². The number of nitrogens with zero attached hydrogens (tertiary/aromatic N) is 5. The van der Waals surface area contributed by atoms with Crippen molar-refractivity contribution in [3.05, 3.63) is 18.2 Å². The zero-order valence-corrected chi connectivity index (χ0v) is 9.46. The van der Waals surface area contributed by atoms with Gasteiger partial charge in [-0.3, -0.25) is 0 Å². The third-order valence-electron chi connectivity index (χ3n) is 2.22. The molecule has 90 valence electrons. The Hall–Kier alpha value is -2.38. The Morgan fingerprint density at radius 1 is 1.35 bits per heavy atom. The summed E-state index contributed by atoms with van der Waals surface area (Å²) in [7, 11) is 1.90. The predicted octanol–water partition coefficient (Wildman–Crippen LogP) is -0.576. The van der Waals surface area contributed by atoms with Crippen LogP contribution in [0.5, 0.6) is 0 Å². The van der Waals surface area contributed by atoms with Crippen molar-refractivity contribution in [3.63, 3.8) is 0 Å². The lowest BCUT2D eigenvalue weighted by Crippen LogP contribution is -2.11. The molecule has 0 saturated heterocycles. The van der Waals surface area contributed by atoms with Crippen LogP contribution in [-0.2, 0) is 13.5 Å². The Balaban J connectivity index is 1.92. The van der Waals surface area contributed by atoms with E-state index in [1.807, 2.05) is 11.6 Å². The molecule has 0 aliphatic carbocycles. The molecule has 0 spiro atoms. The lowest BCUT2D eigenvalue weighted by Gasteiger charge is -2.06. The van der Waals surface area contributed by atoms with Gasteiger partial charge in [-0.15, -0.1) is 10.2 Å². The lowest BCUT2D eigenvalue weighted by atomic mass is 10.4. The molecule has 2 aromatic rings. The van der Waals surface area contributed by atoms with Gasteiger partial charge in [-0.2, -0.15) is 9.97 Å². The molecule has 0 aromatic carbocycles.